The van der Waals surface area contributed by atoms with Crippen LogP contribution in [0.1, 0.15) is 38.2 Å². The molecule has 0 unspecified atom stereocenters. The van der Waals surface area contributed by atoms with Crippen molar-refractivity contribution in [2.45, 2.75) is 32.6 Å². The molecule has 1 N–H and O–H groups in total. The molecule has 2 aliphatic rings. The van der Waals surface area contributed by atoms with Gasteiger partial charge in [-0.1, -0.05) is 68.4 Å². The van der Waals surface area contributed by atoms with Crippen molar-refractivity contribution >= 4 is 63.0 Å². The van der Waals surface area contributed by atoms with Gasteiger partial charge in [-0.15, -0.1) is 0 Å². The third-order valence-electron chi connectivity index (χ3n) is 6.22. The summed E-state index contributed by atoms with van der Waals surface area (Å²) in [7, 11) is 3.04. The number of carbonyl (C=O) groups is 3. The Hall–Kier alpha value is -3.37. The average Bonchev–Trinajstić information content (AvgIpc) is 3.33. The Labute approximate surface area is 226 Å². The summed E-state index contributed by atoms with van der Waals surface area (Å²) in [4.78, 5) is 43.2. The predicted octanol–water partition coefficient (Wildman–Crippen LogP) is 4.84. The van der Waals surface area contributed by atoms with Gasteiger partial charge in [-0.2, -0.15) is 0 Å². The Morgan fingerprint density at radius 2 is 1.78 bits per heavy atom. The van der Waals surface area contributed by atoms with Gasteiger partial charge in [0.05, 0.1) is 36.1 Å². The second kappa shape index (κ2) is 11.8. The van der Waals surface area contributed by atoms with Gasteiger partial charge in [-0.25, -0.2) is 0 Å². The summed E-state index contributed by atoms with van der Waals surface area (Å²) < 4.78 is 11.0. The van der Waals surface area contributed by atoms with E-state index in [-0.39, 0.29) is 12.5 Å². The van der Waals surface area contributed by atoms with Crippen LogP contribution in [0.5, 0.6) is 11.5 Å². The first-order chi connectivity index (χ1) is 17.9. The number of anilines is 2. The van der Waals surface area contributed by atoms with Gasteiger partial charge < -0.3 is 14.8 Å². The normalized spacial score (nSPS) is 16.9. The number of carbonyl (C=O) groups excluding carboxylic acids is 3. The molecule has 10 heteroatoms. The molecule has 1 fully saturated rings. The highest BCUT2D eigenvalue weighted by Gasteiger charge is 2.42. The number of fused-ring (bicyclic) bond motifs is 1. The van der Waals surface area contributed by atoms with Gasteiger partial charge in [0.2, 0.25) is 5.91 Å². The van der Waals surface area contributed by atoms with Crippen LogP contribution in [0, 0.1) is 0 Å². The number of rotatable bonds is 10. The SMILES string of the molecule is CCCCCCN1C(=O)/C(=C2/C(=O)N(CC(=O)Nc3ccc(OC)cc3OC)c3ccccc32)SC1=S. The molecular formula is C27H29N3O5S2. The summed E-state index contributed by atoms with van der Waals surface area (Å²) in [6.07, 6.45) is 4.07. The van der Waals surface area contributed by atoms with Crippen molar-refractivity contribution < 1.29 is 23.9 Å². The smallest absolute Gasteiger partial charge is 0.267 e. The Bertz CT molecular complexity index is 1280. The van der Waals surface area contributed by atoms with E-state index in [0.717, 1.165) is 37.4 Å². The number of thioether (sulfide) groups is 1. The minimum Gasteiger partial charge on any atom is -0.497 e. The summed E-state index contributed by atoms with van der Waals surface area (Å²) in [5.74, 6) is -0.0326. The zero-order valence-electron chi connectivity index (χ0n) is 21.0. The van der Waals surface area contributed by atoms with Crippen LogP contribution in [-0.4, -0.2) is 54.3 Å². The molecule has 37 heavy (non-hydrogen) atoms. The standard InChI is InChI=1S/C27H29N3O5S2/c1-4-5-6-9-14-29-26(33)24(37-27(29)36)23-18-10-7-8-11-20(18)30(25(23)32)16-22(31)28-19-13-12-17(34-2)15-21(19)35-3/h7-8,10-13,15H,4-6,9,14,16H2,1-3H3,(H,28,31)/b24-23-. The molecule has 8 nitrogen and oxygen atoms in total. The van der Waals surface area contributed by atoms with Crippen LogP contribution >= 0.6 is 24.0 Å². The highest BCUT2D eigenvalue weighted by atomic mass is 32.2. The second-order valence-corrected chi connectivity index (χ2v) is 10.3. The lowest BCUT2D eigenvalue weighted by Gasteiger charge is -2.18. The largest absolute Gasteiger partial charge is 0.497 e. The van der Waals surface area contributed by atoms with Gasteiger partial charge >= 0.3 is 0 Å². The molecule has 0 radical (unpaired) electrons. The maximum atomic E-state index is 13.6. The number of unbranched alkanes of at least 4 members (excludes halogenated alkanes) is 3. The van der Waals surface area contributed by atoms with Crippen LogP contribution in [0.4, 0.5) is 11.4 Å². The number of nitrogens with zero attached hydrogens (tertiary/aromatic N) is 2. The fourth-order valence-corrected chi connectivity index (χ4v) is 5.71. The fraction of sp³-hybridized carbons (Fsp3) is 0.333. The van der Waals surface area contributed by atoms with Gasteiger partial charge in [-0.3, -0.25) is 24.2 Å². The number of thiocarbonyl (C=S) groups is 1. The number of nitrogens with one attached hydrogen (secondary N) is 1. The Morgan fingerprint density at radius 1 is 1.00 bits per heavy atom. The Balaban J connectivity index is 1.57. The summed E-state index contributed by atoms with van der Waals surface area (Å²) in [6.45, 7) is 2.44. The zero-order valence-corrected chi connectivity index (χ0v) is 22.7. The molecule has 194 valence electrons. The summed E-state index contributed by atoms with van der Waals surface area (Å²) in [6, 6.07) is 12.2. The van der Waals surface area contributed by atoms with Crippen molar-refractivity contribution in [3.63, 3.8) is 0 Å². The van der Waals surface area contributed by atoms with E-state index in [4.69, 9.17) is 21.7 Å². The first kappa shape index (κ1) is 26.7. The molecule has 4 rings (SSSR count). The molecule has 2 aliphatic heterocycles. The first-order valence-electron chi connectivity index (χ1n) is 12.1. The third-order valence-corrected chi connectivity index (χ3v) is 7.67. The number of amides is 3. The fourth-order valence-electron chi connectivity index (χ4n) is 4.33. The van der Waals surface area contributed by atoms with Crippen molar-refractivity contribution in [3.05, 3.63) is 52.9 Å². The second-order valence-electron chi connectivity index (χ2n) is 8.61. The molecule has 3 amide bonds. The van der Waals surface area contributed by atoms with Crippen LogP contribution in [0.3, 0.4) is 0 Å². The summed E-state index contributed by atoms with van der Waals surface area (Å²) in [5.41, 5.74) is 1.94. The molecular weight excluding hydrogens is 510 g/mol. The Kier molecular flexibility index (Phi) is 8.50. The van der Waals surface area contributed by atoms with E-state index >= 15 is 0 Å². The van der Waals surface area contributed by atoms with E-state index in [1.807, 2.05) is 6.07 Å². The number of para-hydroxylation sites is 1. The van der Waals surface area contributed by atoms with Gasteiger partial charge in [0.25, 0.3) is 11.8 Å². The van der Waals surface area contributed by atoms with Gasteiger partial charge in [0, 0.05) is 18.2 Å². The molecule has 0 aliphatic carbocycles. The number of benzene rings is 2. The molecule has 0 aromatic heterocycles. The molecule has 2 aromatic rings. The lowest BCUT2D eigenvalue weighted by Crippen LogP contribution is -2.35. The van der Waals surface area contributed by atoms with E-state index in [2.05, 4.69) is 12.2 Å². The number of hydrogen-bond donors (Lipinski definition) is 1. The molecule has 0 saturated carbocycles. The van der Waals surface area contributed by atoms with E-state index in [9.17, 15) is 14.4 Å². The predicted molar refractivity (Wildman–Crippen MR) is 150 cm³/mol. The van der Waals surface area contributed by atoms with Crippen LogP contribution in [0.15, 0.2) is 47.4 Å². The lowest BCUT2D eigenvalue weighted by atomic mass is 10.1. The number of methoxy groups -OCH3 is 2. The molecule has 0 bridgehead atoms. The van der Waals surface area contributed by atoms with E-state index in [1.165, 1.54) is 12.0 Å². The quantitative estimate of drug-likeness (QED) is 0.263. The molecule has 2 heterocycles. The monoisotopic (exact) mass is 539 g/mol. The maximum Gasteiger partial charge on any atom is 0.267 e. The zero-order chi connectivity index (χ0) is 26.5. The average molecular weight is 540 g/mol. The minimum absolute atomic E-state index is 0.230. The third kappa shape index (κ3) is 5.50. The van der Waals surface area contributed by atoms with Crippen LogP contribution in [-0.2, 0) is 14.4 Å². The molecule has 0 spiro atoms. The van der Waals surface area contributed by atoms with Crippen molar-refractivity contribution in [2.24, 2.45) is 0 Å². The topological polar surface area (TPSA) is 88.2 Å². The number of ether oxygens (including phenoxy) is 2. The van der Waals surface area contributed by atoms with Crippen LogP contribution in [0.2, 0.25) is 0 Å². The van der Waals surface area contributed by atoms with E-state index < -0.39 is 11.8 Å². The van der Waals surface area contributed by atoms with Crippen molar-refractivity contribution in [2.75, 3.05) is 37.5 Å². The minimum atomic E-state index is -0.406. The van der Waals surface area contributed by atoms with Crippen molar-refractivity contribution in [3.8, 4) is 11.5 Å². The van der Waals surface area contributed by atoms with E-state index in [1.54, 1.807) is 48.4 Å². The van der Waals surface area contributed by atoms with Gasteiger partial charge in [0.15, 0.2) is 0 Å². The van der Waals surface area contributed by atoms with Crippen molar-refractivity contribution in [1.82, 2.24) is 4.90 Å². The lowest BCUT2D eigenvalue weighted by molar-refractivity contribution is -0.122. The van der Waals surface area contributed by atoms with Gasteiger partial charge in [0.1, 0.15) is 22.4 Å². The van der Waals surface area contributed by atoms with Crippen LogP contribution < -0.4 is 19.7 Å². The highest BCUT2D eigenvalue weighted by Crippen LogP contribution is 2.44. The Morgan fingerprint density at radius 3 is 2.51 bits per heavy atom. The summed E-state index contributed by atoms with van der Waals surface area (Å²) >= 11 is 6.64. The molecule has 2 aromatic carbocycles. The van der Waals surface area contributed by atoms with E-state index in [0.29, 0.717) is 49.8 Å². The van der Waals surface area contributed by atoms with Crippen molar-refractivity contribution in [1.29, 1.82) is 0 Å². The maximum absolute atomic E-state index is 13.6. The molecule has 0 atom stereocenters. The first-order valence-corrected chi connectivity index (χ1v) is 13.3. The summed E-state index contributed by atoms with van der Waals surface area (Å²) in [5, 5.41) is 2.80. The van der Waals surface area contributed by atoms with Crippen LogP contribution in [0.25, 0.3) is 5.57 Å². The molecule has 1 saturated heterocycles. The number of hydrogen-bond acceptors (Lipinski definition) is 7. The highest BCUT2D eigenvalue weighted by molar-refractivity contribution is 8.26. The van der Waals surface area contributed by atoms with Gasteiger partial charge in [-0.05, 0) is 24.6 Å².